The lowest BCUT2D eigenvalue weighted by atomic mass is 9.81. The summed E-state index contributed by atoms with van der Waals surface area (Å²) in [4.78, 5) is 24.7. The lowest BCUT2D eigenvalue weighted by Gasteiger charge is -2.28. The zero-order valence-electron chi connectivity index (χ0n) is 15.3. The number of anilines is 1. The first kappa shape index (κ1) is 18.5. The minimum atomic E-state index is 0.0124. The highest BCUT2D eigenvalue weighted by Crippen LogP contribution is 2.30. The van der Waals surface area contributed by atoms with E-state index in [4.69, 9.17) is 0 Å². The van der Waals surface area contributed by atoms with Crippen LogP contribution in [0, 0.1) is 25.7 Å². The zero-order valence-corrected chi connectivity index (χ0v) is 15.3. The van der Waals surface area contributed by atoms with Crippen molar-refractivity contribution >= 4 is 17.5 Å². The summed E-state index contributed by atoms with van der Waals surface area (Å²) < 4.78 is 0. The van der Waals surface area contributed by atoms with Crippen LogP contribution >= 0.6 is 0 Å². The van der Waals surface area contributed by atoms with Gasteiger partial charge in [-0.25, -0.2) is 0 Å². The van der Waals surface area contributed by atoms with E-state index in [0.29, 0.717) is 0 Å². The normalized spacial score (nSPS) is 21.8. The van der Waals surface area contributed by atoms with E-state index in [2.05, 4.69) is 23.6 Å². The molecule has 1 aromatic carbocycles. The first-order chi connectivity index (χ1) is 11.4. The van der Waals surface area contributed by atoms with Crippen LogP contribution in [0.2, 0.25) is 0 Å². The summed E-state index contributed by atoms with van der Waals surface area (Å²) in [5, 5.41) is 6.11. The summed E-state index contributed by atoms with van der Waals surface area (Å²) in [5.74, 6) is 0.308. The number of hydrogen-bond acceptors (Lipinski definition) is 2. The van der Waals surface area contributed by atoms with E-state index in [1.807, 2.05) is 32.9 Å². The van der Waals surface area contributed by atoms with Gasteiger partial charge >= 0.3 is 0 Å². The molecular formula is C20H30N2O2. The summed E-state index contributed by atoms with van der Waals surface area (Å²) >= 11 is 0. The fraction of sp³-hybridized carbons (Fsp3) is 0.600. The summed E-state index contributed by atoms with van der Waals surface area (Å²) in [6.45, 7) is 8.16. The third-order valence-electron chi connectivity index (χ3n) is 5.11. The van der Waals surface area contributed by atoms with Crippen LogP contribution in [-0.2, 0) is 9.59 Å². The van der Waals surface area contributed by atoms with Crippen molar-refractivity contribution in [1.29, 1.82) is 0 Å². The first-order valence-corrected chi connectivity index (χ1v) is 9.09. The molecule has 1 unspecified atom stereocenters. The largest absolute Gasteiger partial charge is 0.353 e. The van der Waals surface area contributed by atoms with Gasteiger partial charge in [-0.1, -0.05) is 24.6 Å². The van der Waals surface area contributed by atoms with Gasteiger partial charge in [0.05, 0.1) is 0 Å². The van der Waals surface area contributed by atoms with E-state index >= 15 is 0 Å². The van der Waals surface area contributed by atoms with E-state index in [9.17, 15) is 9.59 Å². The van der Waals surface area contributed by atoms with Crippen molar-refractivity contribution in [3.8, 4) is 0 Å². The minimum absolute atomic E-state index is 0.0124. The first-order valence-electron chi connectivity index (χ1n) is 9.09. The predicted molar refractivity (Wildman–Crippen MR) is 97.9 cm³/mol. The van der Waals surface area contributed by atoms with Crippen LogP contribution in [0.1, 0.15) is 57.1 Å². The Hall–Kier alpha value is -1.84. The quantitative estimate of drug-likeness (QED) is 0.858. The molecule has 4 heteroatoms. The van der Waals surface area contributed by atoms with Crippen LogP contribution in [0.4, 0.5) is 5.69 Å². The van der Waals surface area contributed by atoms with E-state index in [1.165, 1.54) is 5.56 Å². The van der Waals surface area contributed by atoms with Crippen LogP contribution in [0.15, 0.2) is 18.2 Å². The molecule has 0 spiro atoms. The highest BCUT2D eigenvalue weighted by molar-refractivity contribution is 5.93. The average Bonchev–Trinajstić information content (AvgIpc) is 2.57. The summed E-state index contributed by atoms with van der Waals surface area (Å²) in [7, 11) is 0. The van der Waals surface area contributed by atoms with Gasteiger partial charge in [-0.2, -0.15) is 0 Å². The van der Waals surface area contributed by atoms with Crippen molar-refractivity contribution in [3.63, 3.8) is 0 Å². The van der Waals surface area contributed by atoms with Crippen molar-refractivity contribution in [2.75, 3.05) is 5.32 Å². The van der Waals surface area contributed by atoms with Crippen LogP contribution in [0.25, 0.3) is 0 Å². The Kier molecular flexibility index (Phi) is 6.41. The lowest BCUT2D eigenvalue weighted by molar-refractivity contribution is -0.129. The number of rotatable bonds is 5. The monoisotopic (exact) mass is 330 g/mol. The molecule has 1 aliphatic rings. The van der Waals surface area contributed by atoms with Gasteiger partial charge in [0.1, 0.15) is 0 Å². The third kappa shape index (κ3) is 4.83. The molecule has 1 aliphatic carbocycles. The molecule has 0 aliphatic heterocycles. The Morgan fingerprint density at radius 3 is 2.21 bits per heavy atom. The van der Waals surface area contributed by atoms with E-state index in [1.54, 1.807) is 0 Å². The van der Waals surface area contributed by atoms with E-state index < -0.39 is 0 Å². The molecule has 2 amide bonds. The van der Waals surface area contributed by atoms with Crippen molar-refractivity contribution in [3.05, 3.63) is 29.3 Å². The maximum atomic E-state index is 12.5. The smallest absolute Gasteiger partial charge is 0.227 e. The average molecular weight is 330 g/mol. The van der Waals surface area contributed by atoms with Gasteiger partial charge in [-0.05, 0) is 64.5 Å². The highest BCUT2D eigenvalue weighted by Gasteiger charge is 2.30. The number of amides is 2. The Morgan fingerprint density at radius 2 is 1.67 bits per heavy atom. The van der Waals surface area contributed by atoms with Crippen LogP contribution in [0.3, 0.4) is 0 Å². The van der Waals surface area contributed by atoms with Gasteiger partial charge in [-0.15, -0.1) is 0 Å². The maximum Gasteiger partial charge on any atom is 0.227 e. The van der Waals surface area contributed by atoms with E-state index in [0.717, 1.165) is 43.4 Å². The Morgan fingerprint density at radius 1 is 1.08 bits per heavy atom. The van der Waals surface area contributed by atoms with E-state index in [-0.39, 0.29) is 29.7 Å². The van der Waals surface area contributed by atoms with Crippen molar-refractivity contribution < 1.29 is 9.59 Å². The fourth-order valence-electron chi connectivity index (χ4n) is 3.27. The molecule has 24 heavy (non-hydrogen) atoms. The lowest BCUT2D eigenvalue weighted by Crippen LogP contribution is -2.39. The molecule has 0 bridgehead atoms. The fourth-order valence-corrected chi connectivity index (χ4v) is 3.27. The number of aryl methyl sites for hydroxylation is 2. The molecule has 4 nitrogen and oxygen atoms in total. The van der Waals surface area contributed by atoms with Crippen molar-refractivity contribution in [1.82, 2.24) is 5.32 Å². The Balaban J connectivity index is 1.85. The van der Waals surface area contributed by atoms with Gasteiger partial charge in [0.15, 0.2) is 0 Å². The molecule has 1 fully saturated rings. The number of carbonyl (C=O) groups excluding carboxylic acids is 2. The molecule has 1 atom stereocenters. The van der Waals surface area contributed by atoms with Gasteiger partial charge < -0.3 is 10.6 Å². The molecule has 0 saturated heterocycles. The molecule has 1 saturated carbocycles. The number of nitrogens with one attached hydrogen (secondary N) is 2. The summed E-state index contributed by atoms with van der Waals surface area (Å²) in [6, 6.07) is 6.28. The number of carbonyl (C=O) groups is 2. The van der Waals surface area contributed by atoms with Crippen LogP contribution in [-0.4, -0.2) is 17.9 Å². The topological polar surface area (TPSA) is 58.2 Å². The molecule has 0 heterocycles. The summed E-state index contributed by atoms with van der Waals surface area (Å²) in [6.07, 6.45) is 4.12. The molecule has 1 aromatic rings. The number of hydrogen-bond donors (Lipinski definition) is 2. The van der Waals surface area contributed by atoms with Gasteiger partial charge in [0.2, 0.25) is 11.8 Å². The maximum absolute atomic E-state index is 12.5. The molecular weight excluding hydrogens is 300 g/mol. The second kappa shape index (κ2) is 8.32. The Labute approximate surface area is 145 Å². The van der Waals surface area contributed by atoms with Gasteiger partial charge in [0.25, 0.3) is 0 Å². The van der Waals surface area contributed by atoms with Crippen LogP contribution < -0.4 is 10.6 Å². The summed E-state index contributed by atoms with van der Waals surface area (Å²) in [5.41, 5.74) is 3.17. The predicted octanol–water partition coefficient (Wildman–Crippen LogP) is 3.96. The molecule has 0 radical (unpaired) electrons. The number of benzene rings is 1. The van der Waals surface area contributed by atoms with Crippen molar-refractivity contribution in [2.24, 2.45) is 11.8 Å². The SMILES string of the molecule is CCC(C)NC(=O)C1CCC(C(=O)Nc2ccc(C)cc2C)CC1. The molecule has 0 aromatic heterocycles. The van der Waals surface area contributed by atoms with Crippen molar-refractivity contribution in [2.45, 2.75) is 65.8 Å². The second-order valence-electron chi connectivity index (χ2n) is 7.17. The van der Waals surface area contributed by atoms with Crippen LogP contribution in [0.5, 0.6) is 0 Å². The third-order valence-corrected chi connectivity index (χ3v) is 5.11. The zero-order chi connectivity index (χ0) is 17.7. The molecule has 2 N–H and O–H groups in total. The minimum Gasteiger partial charge on any atom is -0.353 e. The molecule has 2 rings (SSSR count). The Bertz CT molecular complexity index is 589. The van der Waals surface area contributed by atoms with Gasteiger partial charge in [0, 0.05) is 23.6 Å². The van der Waals surface area contributed by atoms with Gasteiger partial charge in [-0.3, -0.25) is 9.59 Å². The molecule has 132 valence electrons. The standard InChI is InChI=1S/C20H30N2O2/c1-5-15(4)21-19(23)16-7-9-17(10-8-16)20(24)22-18-11-6-13(2)12-14(18)3/h6,11-12,15-17H,5,7-10H2,1-4H3,(H,21,23)(H,22,24). The highest BCUT2D eigenvalue weighted by atomic mass is 16.2. The second-order valence-corrected chi connectivity index (χ2v) is 7.17.